The Labute approximate surface area is 81.5 Å². The van der Waals surface area contributed by atoms with Gasteiger partial charge in [-0.05, 0) is 18.2 Å². The Morgan fingerprint density at radius 1 is 1.50 bits per heavy atom. The molecule has 0 aromatic heterocycles. The SMILES string of the molecule is CC(=O)Nc1c[c]c(S(=O)(=O)O)cc1. The molecule has 0 bridgehead atoms. The molecule has 14 heavy (non-hydrogen) atoms. The van der Waals surface area contributed by atoms with Crippen LogP contribution in [0.3, 0.4) is 0 Å². The first-order chi connectivity index (χ1) is 6.39. The molecular formula is C8H8NO4S. The molecule has 0 heterocycles. The second-order valence-corrected chi connectivity index (χ2v) is 3.99. The highest BCUT2D eigenvalue weighted by Gasteiger charge is 2.08. The van der Waals surface area contributed by atoms with Crippen molar-refractivity contribution in [1.29, 1.82) is 0 Å². The summed E-state index contributed by atoms with van der Waals surface area (Å²) in [7, 11) is -4.22. The summed E-state index contributed by atoms with van der Waals surface area (Å²) in [4.78, 5) is 10.3. The number of carbonyl (C=O) groups is 1. The number of nitrogens with one attached hydrogen (secondary N) is 1. The van der Waals surface area contributed by atoms with Gasteiger partial charge in [0.1, 0.15) is 4.90 Å². The van der Waals surface area contributed by atoms with Gasteiger partial charge in [-0.3, -0.25) is 9.35 Å². The van der Waals surface area contributed by atoms with Crippen LogP contribution in [-0.4, -0.2) is 18.9 Å². The van der Waals surface area contributed by atoms with Gasteiger partial charge in [-0.2, -0.15) is 8.42 Å². The van der Waals surface area contributed by atoms with Gasteiger partial charge in [0.25, 0.3) is 10.1 Å². The molecule has 0 saturated carbocycles. The Morgan fingerprint density at radius 3 is 2.50 bits per heavy atom. The van der Waals surface area contributed by atoms with Crippen molar-refractivity contribution in [3.8, 4) is 0 Å². The van der Waals surface area contributed by atoms with Crippen LogP contribution in [0.2, 0.25) is 0 Å². The van der Waals surface area contributed by atoms with Gasteiger partial charge in [0.2, 0.25) is 5.91 Å². The Balaban J connectivity index is 2.95. The van der Waals surface area contributed by atoms with Gasteiger partial charge < -0.3 is 5.32 Å². The number of hydrogen-bond acceptors (Lipinski definition) is 3. The molecule has 1 rings (SSSR count). The molecule has 1 aromatic rings. The van der Waals surface area contributed by atoms with E-state index in [2.05, 4.69) is 11.4 Å². The van der Waals surface area contributed by atoms with Crippen LogP contribution < -0.4 is 5.32 Å². The van der Waals surface area contributed by atoms with Crippen molar-refractivity contribution >= 4 is 21.7 Å². The van der Waals surface area contributed by atoms with Crippen molar-refractivity contribution in [2.45, 2.75) is 11.8 Å². The number of hydrogen-bond donors (Lipinski definition) is 2. The van der Waals surface area contributed by atoms with Gasteiger partial charge in [0, 0.05) is 18.7 Å². The summed E-state index contributed by atoms with van der Waals surface area (Å²) in [6.07, 6.45) is 0. The van der Waals surface area contributed by atoms with E-state index >= 15 is 0 Å². The molecule has 0 fully saturated rings. The summed E-state index contributed by atoms with van der Waals surface area (Å²) >= 11 is 0. The minimum absolute atomic E-state index is 0.266. The second kappa shape index (κ2) is 3.77. The van der Waals surface area contributed by atoms with Crippen LogP contribution in [0.15, 0.2) is 23.1 Å². The van der Waals surface area contributed by atoms with E-state index in [4.69, 9.17) is 4.55 Å². The van der Waals surface area contributed by atoms with Crippen molar-refractivity contribution in [1.82, 2.24) is 0 Å². The van der Waals surface area contributed by atoms with Gasteiger partial charge in [-0.25, -0.2) is 0 Å². The first kappa shape index (κ1) is 10.7. The largest absolute Gasteiger partial charge is 0.326 e. The molecule has 2 N–H and O–H groups in total. The first-order valence-corrected chi connectivity index (χ1v) is 5.10. The van der Waals surface area contributed by atoms with E-state index in [1.165, 1.54) is 19.1 Å². The number of carbonyl (C=O) groups excluding carboxylic acids is 1. The standard InChI is InChI=1S/C8H8NO4S/c1-6(10)9-7-2-4-8(5-3-7)14(11,12)13/h2-4H,1H3,(H,9,10)(H,11,12,13). The minimum Gasteiger partial charge on any atom is -0.326 e. The molecule has 1 amide bonds. The van der Waals surface area contributed by atoms with E-state index < -0.39 is 10.1 Å². The average Bonchev–Trinajstić information content (AvgIpc) is 2.02. The van der Waals surface area contributed by atoms with Crippen LogP contribution in [0.5, 0.6) is 0 Å². The Hall–Kier alpha value is -1.40. The zero-order valence-corrected chi connectivity index (χ0v) is 8.13. The average molecular weight is 214 g/mol. The zero-order chi connectivity index (χ0) is 10.8. The normalized spacial score (nSPS) is 11.0. The van der Waals surface area contributed by atoms with E-state index in [1.807, 2.05) is 0 Å². The van der Waals surface area contributed by atoms with Crippen LogP contribution in [0.4, 0.5) is 5.69 Å². The highest BCUT2D eigenvalue weighted by atomic mass is 32.2. The quantitative estimate of drug-likeness (QED) is 0.709. The van der Waals surface area contributed by atoms with Crippen LogP contribution in [0.1, 0.15) is 6.92 Å². The predicted octanol–water partition coefficient (Wildman–Crippen LogP) is 0.692. The van der Waals surface area contributed by atoms with Gasteiger partial charge >= 0.3 is 0 Å². The number of anilines is 1. The maximum atomic E-state index is 10.6. The topological polar surface area (TPSA) is 83.5 Å². The van der Waals surface area contributed by atoms with Gasteiger partial charge in [-0.15, -0.1) is 0 Å². The van der Waals surface area contributed by atoms with E-state index in [9.17, 15) is 13.2 Å². The molecule has 0 unspecified atom stereocenters. The van der Waals surface area contributed by atoms with Gasteiger partial charge in [0.15, 0.2) is 0 Å². The van der Waals surface area contributed by atoms with Gasteiger partial charge in [-0.1, -0.05) is 0 Å². The molecule has 0 saturated heterocycles. The van der Waals surface area contributed by atoms with Crippen LogP contribution in [0.25, 0.3) is 0 Å². The summed E-state index contributed by atoms with van der Waals surface area (Å²) in [5, 5.41) is 2.44. The lowest BCUT2D eigenvalue weighted by Crippen LogP contribution is -2.06. The first-order valence-electron chi connectivity index (χ1n) is 3.66. The zero-order valence-electron chi connectivity index (χ0n) is 7.31. The number of amides is 1. The lowest BCUT2D eigenvalue weighted by atomic mass is 10.3. The van der Waals surface area contributed by atoms with Crippen molar-refractivity contribution in [2.24, 2.45) is 0 Å². The molecule has 1 radical (unpaired) electrons. The Kier molecular flexibility index (Phi) is 2.87. The third-order valence-electron chi connectivity index (χ3n) is 1.38. The van der Waals surface area contributed by atoms with Crippen molar-refractivity contribution in [3.05, 3.63) is 24.3 Å². The van der Waals surface area contributed by atoms with E-state index in [0.717, 1.165) is 6.07 Å². The lowest BCUT2D eigenvalue weighted by Gasteiger charge is -2.01. The van der Waals surface area contributed by atoms with Crippen molar-refractivity contribution < 1.29 is 17.8 Å². The molecule has 0 atom stereocenters. The molecule has 0 spiro atoms. The van der Waals surface area contributed by atoms with Crippen LogP contribution >= 0.6 is 0 Å². The maximum Gasteiger partial charge on any atom is 0.295 e. The molecule has 0 aliphatic rings. The molecule has 75 valence electrons. The van der Waals surface area contributed by atoms with Crippen LogP contribution in [-0.2, 0) is 14.9 Å². The fourth-order valence-corrected chi connectivity index (χ4v) is 1.30. The summed E-state index contributed by atoms with van der Waals surface area (Å²) < 4.78 is 29.8. The smallest absolute Gasteiger partial charge is 0.295 e. The van der Waals surface area contributed by atoms with Gasteiger partial charge in [0.05, 0.1) is 0 Å². The molecule has 5 nitrogen and oxygen atoms in total. The van der Waals surface area contributed by atoms with E-state index in [1.54, 1.807) is 0 Å². The predicted molar refractivity (Wildman–Crippen MR) is 49.4 cm³/mol. The number of benzene rings is 1. The fraction of sp³-hybridized carbons (Fsp3) is 0.125. The summed E-state index contributed by atoms with van der Waals surface area (Å²) in [6.45, 7) is 1.33. The molecule has 0 aliphatic carbocycles. The maximum absolute atomic E-state index is 10.6. The third kappa shape index (κ3) is 2.82. The Morgan fingerprint density at radius 2 is 2.14 bits per heavy atom. The van der Waals surface area contributed by atoms with E-state index in [-0.39, 0.29) is 10.8 Å². The molecule has 0 aliphatic heterocycles. The Bertz CT molecular complexity index is 435. The second-order valence-electron chi connectivity index (χ2n) is 2.60. The molecule has 1 aromatic carbocycles. The summed E-state index contributed by atoms with van der Waals surface area (Å²) in [5.74, 6) is -0.266. The third-order valence-corrected chi connectivity index (χ3v) is 2.19. The number of rotatable bonds is 2. The minimum atomic E-state index is -4.22. The van der Waals surface area contributed by atoms with E-state index in [0.29, 0.717) is 5.69 Å². The summed E-state index contributed by atoms with van der Waals surface area (Å²) in [5.41, 5.74) is 0.421. The molecule has 6 heteroatoms. The highest BCUT2D eigenvalue weighted by molar-refractivity contribution is 7.85. The van der Waals surface area contributed by atoms with Crippen molar-refractivity contribution in [3.63, 3.8) is 0 Å². The molecular weight excluding hydrogens is 206 g/mol. The lowest BCUT2D eigenvalue weighted by molar-refractivity contribution is -0.114. The monoisotopic (exact) mass is 214 g/mol. The van der Waals surface area contributed by atoms with Crippen LogP contribution in [0, 0.1) is 6.07 Å². The fourth-order valence-electron chi connectivity index (χ4n) is 0.852. The summed E-state index contributed by atoms with van der Waals surface area (Å²) in [6, 6.07) is 6.11. The highest BCUT2D eigenvalue weighted by Crippen LogP contribution is 2.12. The van der Waals surface area contributed by atoms with Crippen molar-refractivity contribution in [2.75, 3.05) is 5.32 Å².